The average Bonchev–Trinajstić information content (AvgIpc) is 3.17. The summed E-state index contributed by atoms with van der Waals surface area (Å²) < 4.78 is 53.9. The van der Waals surface area contributed by atoms with Crippen molar-refractivity contribution < 1.29 is 32.5 Å². The molecule has 30 heavy (non-hydrogen) atoms. The van der Waals surface area contributed by atoms with Crippen molar-refractivity contribution >= 4 is 0 Å². The van der Waals surface area contributed by atoms with Gasteiger partial charge in [-0.05, 0) is 42.0 Å². The maximum absolute atomic E-state index is 12.6. The summed E-state index contributed by atoms with van der Waals surface area (Å²) in [6.07, 6.45) is -5.50. The molecule has 2 aliphatic heterocycles. The number of β-amino-alcohol motifs (C(OH)–C–C–N with tert-alkyl or cyclic N) is 1. The summed E-state index contributed by atoms with van der Waals surface area (Å²) in [5.41, 5.74) is 0.404. The number of rotatable bonds is 6. The van der Waals surface area contributed by atoms with Crippen LogP contribution in [0.3, 0.4) is 0 Å². The van der Waals surface area contributed by atoms with E-state index in [0.717, 1.165) is 61.9 Å². The number of piperazine rings is 1. The van der Waals surface area contributed by atoms with Gasteiger partial charge in [0.25, 0.3) is 0 Å². The SMILES string of the molecule is OC(CN1CCN(Cc2ccc3c(c2)OCO3)CC1)Oc1ccc(C(F)(F)F)cc1. The molecule has 2 aliphatic rings. The molecule has 6 nitrogen and oxygen atoms in total. The van der Waals surface area contributed by atoms with Gasteiger partial charge in [0.15, 0.2) is 11.5 Å². The summed E-state index contributed by atoms with van der Waals surface area (Å²) >= 11 is 0. The number of nitrogens with zero attached hydrogens (tertiary/aromatic N) is 2. The van der Waals surface area contributed by atoms with Gasteiger partial charge in [-0.1, -0.05) is 6.07 Å². The summed E-state index contributed by atoms with van der Waals surface area (Å²) in [4.78, 5) is 4.39. The number of hydrogen-bond donors (Lipinski definition) is 1. The molecule has 1 saturated heterocycles. The topological polar surface area (TPSA) is 54.4 Å². The Morgan fingerprint density at radius 2 is 1.60 bits per heavy atom. The number of benzene rings is 2. The molecule has 2 aromatic rings. The van der Waals surface area contributed by atoms with E-state index in [4.69, 9.17) is 14.2 Å². The Balaban J connectivity index is 1.21. The molecule has 2 heterocycles. The van der Waals surface area contributed by atoms with Crippen LogP contribution in [0.1, 0.15) is 11.1 Å². The lowest BCUT2D eigenvalue weighted by molar-refractivity contribution is -0.137. The van der Waals surface area contributed by atoms with E-state index in [9.17, 15) is 18.3 Å². The molecule has 0 aliphatic carbocycles. The van der Waals surface area contributed by atoms with Crippen molar-refractivity contribution in [3.8, 4) is 17.2 Å². The van der Waals surface area contributed by atoms with Crippen molar-refractivity contribution in [1.82, 2.24) is 9.80 Å². The fraction of sp³-hybridized carbons (Fsp3) is 0.429. The van der Waals surface area contributed by atoms with Crippen molar-refractivity contribution in [2.24, 2.45) is 0 Å². The van der Waals surface area contributed by atoms with Gasteiger partial charge in [0.1, 0.15) is 5.75 Å². The van der Waals surface area contributed by atoms with Gasteiger partial charge in [-0.2, -0.15) is 13.2 Å². The maximum Gasteiger partial charge on any atom is 0.416 e. The van der Waals surface area contributed by atoms with Crippen LogP contribution in [0.5, 0.6) is 17.2 Å². The van der Waals surface area contributed by atoms with Crippen LogP contribution in [0.2, 0.25) is 0 Å². The minimum absolute atomic E-state index is 0.206. The molecule has 4 rings (SSSR count). The van der Waals surface area contributed by atoms with Crippen molar-refractivity contribution in [2.75, 3.05) is 39.5 Å². The van der Waals surface area contributed by atoms with Crippen LogP contribution in [0.4, 0.5) is 13.2 Å². The first-order chi connectivity index (χ1) is 14.4. The monoisotopic (exact) mass is 424 g/mol. The van der Waals surface area contributed by atoms with E-state index in [0.29, 0.717) is 6.54 Å². The molecule has 0 aromatic heterocycles. The zero-order valence-corrected chi connectivity index (χ0v) is 16.3. The van der Waals surface area contributed by atoms with E-state index >= 15 is 0 Å². The highest BCUT2D eigenvalue weighted by molar-refractivity contribution is 5.44. The zero-order valence-electron chi connectivity index (χ0n) is 16.3. The van der Waals surface area contributed by atoms with Crippen LogP contribution in [0, 0.1) is 0 Å². The molecule has 1 unspecified atom stereocenters. The molecule has 0 saturated carbocycles. The molecular weight excluding hydrogens is 401 g/mol. The fourth-order valence-corrected chi connectivity index (χ4v) is 3.57. The Labute approximate surface area is 172 Å². The number of alkyl halides is 3. The van der Waals surface area contributed by atoms with Crippen molar-refractivity contribution in [3.05, 3.63) is 53.6 Å². The molecule has 1 N–H and O–H groups in total. The van der Waals surface area contributed by atoms with Crippen LogP contribution in [-0.2, 0) is 12.7 Å². The van der Waals surface area contributed by atoms with Crippen molar-refractivity contribution in [2.45, 2.75) is 19.0 Å². The second-order valence-corrected chi connectivity index (χ2v) is 7.36. The summed E-state index contributed by atoms with van der Waals surface area (Å²) in [5, 5.41) is 10.1. The molecular formula is C21H23F3N2O4. The van der Waals surface area contributed by atoms with Crippen LogP contribution in [0.25, 0.3) is 0 Å². The summed E-state index contributed by atoms with van der Waals surface area (Å²) in [7, 11) is 0. The predicted molar refractivity (Wildman–Crippen MR) is 102 cm³/mol. The standard InChI is InChI=1S/C21H23F3N2O4/c22-21(23,24)16-2-4-17(5-3-16)30-20(27)13-26-9-7-25(8-10-26)12-15-1-6-18-19(11-15)29-14-28-18/h1-6,11,20,27H,7-10,12-14H2. The number of aliphatic hydroxyl groups excluding tert-OH is 1. The van der Waals surface area contributed by atoms with Gasteiger partial charge >= 0.3 is 6.18 Å². The Hall–Kier alpha value is -2.49. The molecule has 0 spiro atoms. The summed E-state index contributed by atoms with van der Waals surface area (Å²) in [5.74, 6) is 1.75. The predicted octanol–water partition coefficient (Wildman–Crippen LogP) is 2.95. The van der Waals surface area contributed by atoms with Crippen LogP contribution < -0.4 is 14.2 Å². The molecule has 0 radical (unpaired) electrons. The first kappa shape index (κ1) is 20.8. The lowest BCUT2D eigenvalue weighted by atomic mass is 10.1. The third-order valence-electron chi connectivity index (χ3n) is 5.18. The second-order valence-electron chi connectivity index (χ2n) is 7.36. The molecule has 1 atom stereocenters. The fourth-order valence-electron chi connectivity index (χ4n) is 3.57. The van der Waals surface area contributed by atoms with Gasteiger partial charge in [-0.25, -0.2) is 0 Å². The molecule has 0 amide bonds. The van der Waals surface area contributed by atoms with Crippen LogP contribution in [0.15, 0.2) is 42.5 Å². The van der Waals surface area contributed by atoms with Gasteiger partial charge in [0.2, 0.25) is 13.1 Å². The number of aliphatic hydroxyl groups is 1. The Morgan fingerprint density at radius 1 is 0.933 bits per heavy atom. The minimum atomic E-state index is -4.39. The highest BCUT2D eigenvalue weighted by Gasteiger charge is 2.30. The summed E-state index contributed by atoms with van der Waals surface area (Å²) in [6, 6.07) is 10.3. The van der Waals surface area contributed by atoms with Gasteiger partial charge in [-0.3, -0.25) is 9.80 Å². The Kier molecular flexibility index (Phi) is 6.03. The molecule has 1 fully saturated rings. The third-order valence-corrected chi connectivity index (χ3v) is 5.18. The molecule has 9 heteroatoms. The highest BCUT2D eigenvalue weighted by Crippen LogP contribution is 2.33. The zero-order chi connectivity index (χ0) is 21.1. The molecule has 0 bridgehead atoms. The van der Waals surface area contributed by atoms with Crippen LogP contribution in [-0.4, -0.2) is 60.7 Å². The van der Waals surface area contributed by atoms with E-state index < -0.39 is 18.0 Å². The minimum Gasteiger partial charge on any atom is -0.464 e. The van der Waals surface area contributed by atoms with E-state index in [1.165, 1.54) is 12.1 Å². The van der Waals surface area contributed by atoms with Gasteiger partial charge in [0.05, 0.1) is 12.1 Å². The Bertz CT molecular complexity index is 852. The quantitative estimate of drug-likeness (QED) is 0.720. The first-order valence-electron chi connectivity index (χ1n) is 9.72. The molecule has 162 valence electrons. The largest absolute Gasteiger partial charge is 0.464 e. The molecule has 2 aromatic carbocycles. The second kappa shape index (κ2) is 8.71. The van der Waals surface area contributed by atoms with Gasteiger partial charge in [0, 0.05) is 32.7 Å². The van der Waals surface area contributed by atoms with E-state index in [1.807, 2.05) is 18.2 Å². The van der Waals surface area contributed by atoms with Crippen molar-refractivity contribution in [1.29, 1.82) is 0 Å². The van der Waals surface area contributed by atoms with E-state index in [2.05, 4.69) is 9.80 Å². The van der Waals surface area contributed by atoms with Crippen LogP contribution >= 0.6 is 0 Å². The van der Waals surface area contributed by atoms with Crippen molar-refractivity contribution in [3.63, 3.8) is 0 Å². The lowest BCUT2D eigenvalue weighted by Gasteiger charge is -2.35. The van der Waals surface area contributed by atoms with E-state index in [1.54, 1.807) is 0 Å². The normalized spacial score (nSPS) is 18.4. The first-order valence-corrected chi connectivity index (χ1v) is 9.72. The average molecular weight is 424 g/mol. The smallest absolute Gasteiger partial charge is 0.416 e. The number of fused-ring (bicyclic) bond motifs is 1. The maximum atomic E-state index is 12.6. The highest BCUT2D eigenvalue weighted by atomic mass is 19.4. The van der Waals surface area contributed by atoms with Gasteiger partial charge in [-0.15, -0.1) is 0 Å². The lowest BCUT2D eigenvalue weighted by Crippen LogP contribution is -2.48. The van der Waals surface area contributed by atoms with Gasteiger partial charge < -0.3 is 19.3 Å². The summed E-state index contributed by atoms with van der Waals surface area (Å²) in [6.45, 7) is 4.54. The number of ether oxygens (including phenoxy) is 3. The number of hydrogen-bond acceptors (Lipinski definition) is 6. The Morgan fingerprint density at radius 3 is 2.30 bits per heavy atom. The van der Waals surface area contributed by atoms with E-state index in [-0.39, 0.29) is 12.5 Å². The number of halogens is 3. The third kappa shape index (κ3) is 5.16.